The summed E-state index contributed by atoms with van der Waals surface area (Å²) >= 11 is 5.96. The van der Waals surface area contributed by atoms with E-state index in [2.05, 4.69) is 10.2 Å². The lowest BCUT2D eigenvalue weighted by Crippen LogP contribution is -2.36. The topological polar surface area (TPSA) is 71.0 Å². The van der Waals surface area contributed by atoms with Crippen molar-refractivity contribution >= 4 is 23.2 Å². The van der Waals surface area contributed by atoms with E-state index in [0.717, 1.165) is 37.6 Å². The Morgan fingerprint density at radius 2 is 1.96 bits per heavy atom. The standard InChI is InChI=1S/C20H23ClN2O4/c1-26-19-7-4-15(21)12-17(19)20(25)22-13-18(24)14-2-5-16(6-3-14)23-8-10-27-11-9-23/h2-7,12,18,24H,8-11,13H2,1H3,(H,22,25). The van der Waals surface area contributed by atoms with Gasteiger partial charge in [-0.05, 0) is 35.9 Å². The van der Waals surface area contributed by atoms with Crippen LogP contribution >= 0.6 is 11.6 Å². The summed E-state index contributed by atoms with van der Waals surface area (Å²) in [6.45, 7) is 3.26. The lowest BCUT2D eigenvalue weighted by Gasteiger charge is -2.29. The van der Waals surface area contributed by atoms with E-state index in [1.54, 1.807) is 18.2 Å². The summed E-state index contributed by atoms with van der Waals surface area (Å²) in [5.74, 6) is 0.0830. The summed E-state index contributed by atoms with van der Waals surface area (Å²) in [6.07, 6.45) is -0.808. The van der Waals surface area contributed by atoms with Gasteiger partial charge in [-0.15, -0.1) is 0 Å². The molecule has 0 spiro atoms. The Morgan fingerprint density at radius 1 is 1.26 bits per heavy atom. The number of rotatable bonds is 6. The number of anilines is 1. The molecule has 1 atom stereocenters. The predicted molar refractivity (Wildman–Crippen MR) is 105 cm³/mol. The molecule has 0 aromatic heterocycles. The molecule has 0 radical (unpaired) electrons. The highest BCUT2D eigenvalue weighted by atomic mass is 35.5. The molecule has 7 heteroatoms. The van der Waals surface area contributed by atoms with E-state index in [1.165, 1.54) is 7.11 Å². The zero-order valence-electron chi connectivity index (χ0n) is 15.2. The Morgan fingerprint density at radius 3 is 2.63 bits per heavy atom. The van der Waals surface area contributed by atoms with Crippen LogP contribution in [0.4, 0.5) is 5.69 Å². The predicted octanol–water partition coefficient (Wildman–Crippen LogP) is 2.65. The number of hydrogen-bond donors (Lipinski definition) is 2. The molecule has 1 heterocycles. The van der Waals surface area contributed by atoms with E-state index in [-0.39, 0.29) is 12.5 Å². The largest absolute Gasteiger partial charge is 0.496 e. The number of methoxy groups -OCH3 is 1. The number of halogens is 1. The number of nitrogens with one attached hydrogen (secondary N) is 1. The molecule has 2 aromatic carbocycles. The van der Waals surface area contributed by atoms with Gasteiger partial charge in [-0.25, -0.2) is 0 Å². The monoisotopic (exact) mass is 390 g/mol. The highest BCUT2D eigenvalue weighted by Crippen LogP contribution is 2.23. The van der Waals surface area contributed by atoms with Crippen molar-refractivity contribution in [2.75, 3.05) is 44.9 Å². The molecule has 6 nitrogen and oxygen atoms in total. The number of morpholine rings is 1. The summed E-state index contributed by atoms with van der Waals surface area (Å²) in [5, 5.41) is 13.6. The van der Waals surface area contributed by atoms with Gasteiger partial charge in [-0.1, -0.05) is 23.7 Å². The van der Waals surface area contributed by atoms with Gasteiger partial charge >= 0.3 is 0 Å². The van der Waals surface area contributed by atoms with Gasteiger partial charge in [0.2, 0.25) is 0 Å². The van der Waals surface area contributed by atoms with Crippen molar-refractivity contribution in [2.45, 2.75) is 6.10 Å². The lowest BCUT2D eigenvalue weighted by atomic mass is 10.1. The van der Waals surface area contributed by atoms with Gasteiger partial charge in [-0.2, -0.15) is 0 Å². The Hall–Kier alpha value is -2.28. The van der Waals surface area contributed by atoms with Gasteiger partial charge in [0.1, 0.15) is 5.75 Å². The fraction of sp³-hybridized carbons (Fsp3) is 0.350. The molecule has 1 aliphatic heterocycles. The third-order valence-corrected chi connectivity index (χ3v) is 4.75. The summed E-state index contributed by atoms with van der Waals surface area (Å²) in [4.78, 5) is 14.6. The van der Waals surface area contributed by atoms with Crippen LogP contribution in [0.2, 0.25) is 5.02 Å². The second-order valence-electron chi connectivity index (χ2n) is 6.26. The molecule has 1 saturated heterocycles. The maximum atomic E-state index is 12.4. The summed E-state index contributed by atoms with van der Waals surface area (Å²) in [6, 6.07) is 12.5. The number of aliphatic hydroxyl groups is 1. The molecule has 0 saturated carbocycles. The minimum atomic E-state index is -0.808. The molecule has 2 aromatic rings. The first-order valence-electron chi connectivity index (χ1n) is 8.81. The smallest absolute Gasteiger partial charge is 0.255 e. The number of hydrogen-bond acceptors (Lipinski definition) is 5. The first-order chi connectivity index (χ1) is 13.1. The Kier molecular flexibility index (Phi) is 6.55. The van der Waals surface area contributed by atoms with E-state index in [4.69, 9.17) is 21.1 Å². The average molecular weight is 391 g/mol. The zero-order valence-corrected chi connectivity index (χ0v) is 15.9. The molecule has 1 unspecified atom stereocenters. The van der Waals surface area contributed by atoms with E-state index in [1.807, 2.05) is 24.3 Å². The van der Waals surface area contributed by atoms with Gasteiger partial charge in [0.25, 0.3) is 5.91 Å². The number of ether oxygens (including phenoxy) is 2. The van der Waals surface area contributed by atoms with Crippen LogP contribution in [0.5, 0.6) is 5.75 Å². The lowest BCUT2D eigenvalue weighted by molar-refractivity contribution is 0.0913. The number of carbonyl (C=O) groups is 1. The molecular formula is C20H23ClN2O4. The average Bonchev–Trinajstić information content (AvgIpc) is 2.72. The zero-order chi connectivity index (χ0) is 19.2. The Bertz CT molecular complexity index is 776. The second kappa shape index (κ2) is 9.08. The molecule has 1 fully saturated rings. The van der Waals surface area contributed by atoms with Crippen molar-refractivity contribution in [1.29, 1.82) is 0 Å². The molecule has 144 valence electrons. The minimum absolute atomic E-state index is 0.0887. The van der Waals surface area contributed by atoms with Gasteiger partial charge in [0.15, 0.2) is 0 Å². The highest BCUT2D eigenvalue weighted by molar-refractivity contribution is 6.31. The number of benzene rings is 2. The van der Waals surface area contributed by atoms with Gasteiger partial charge in [0.05, 0.1) is 32.0 Å². The number of nitrogens with zero attached hydrogens (tertiary/aromatic N) is 1. The highest BCUT2D eigenvalue weighted by Gasteiger charge is 2.16. The van der Waals surface area contributed by atoms with Crippen molar-refractivity contribution in [1.82, 2.24) is 5.32 Å². The van der Waals surface area contributed by atoms with Crippen molar-refractivity contribution in [3.63, 3.8) is 0 Å². The number of carbonyl (C=O) groups excluding carboxylic acids is 1. The third-order valence-electron chi connectivity index (χ3n) is 4.52. The van der Waals surface area contributed by atoms with Gasteiger partial charge in [-0.3, -0.25) is 4.79 Å². The van der Waals surface area contributed by atoms with Crippen molar-refractivity contribution in [3.8, 4) is 5.75 Å². The Balaban J connectivity index is 1.59. The SMILES string of the molecule is COc1ccc(Cl)cc1C(=O)NCC(O)c1ccc(N2CCOCC2)cc1. The van der Waals surface area contributed by atoms with E-state index < -0.39 is 6.10 Å². The van der Waals surface area contributed by atoms with Crippen molar-refractivity contribution in [3.05, 3.63) is 58.6 Å². The normalized spacial score (nSPS) is 15.3. The summed E-state index contributed by atoms with van der Waals surface area (Å²) < 4.78 is 10.5. The third kappa shape index (κ3) is 4.91. The van der Waals surface area contributed by atoms with Gasteiger partial charge in [0, 0.05) is 30.3 Å². The van der Waals surface area contributed by atoms with Crippen molar-refractivity contribution in [2.24, 2.45) is 0 Å². The van der Waals surface area contributed by atoms with Crippen LogP contribution < -0.4 is 15.0 Å². The van der Waals surface area contributed by atoms with Gasteiger partial charge < -0.3 is 24.8 Å². The quantitative estimate of drug-likeness (QED) is 0.793. The first kappa shape index (κ1) is 19.5. The fourth-order valence-corrected chi connectivity index (χ4v) is 3.16. The Labute approximate surface area is 163 Å². The summed E-state index contributed by atoms with van der Waals surface area (Å²) in [7, 11) is 1.49. The van der Waals surface area contributed by atoms with E-state index in [9.17, 15) is 9.90 Å². The molecular weight excluding hydrogens is 368 g/mol. The van der Waals surface area contributed by atoms with E-state index >= 15 is 0 Å². The maximum absolute atomic E-state index is 12.4. The van der Waals surface area contributed by atoms with Crippen LogP contribution in [0.3, 0.4) is 0 Å². The fourth-order valence-electron chi connectivity index (χ4n) is 2.99. The first-order valence-corrected chi connectivity index (χ1v) is 9.18. The van der Waals surface area contributed by atoms with Crippen LogP contribution in [-0.4, -0.2) is 51.0 Å². The van der Waals surface area contributed by atoms with Crippen LogP contribution in [-0.2, 0) is 4.74 Å². The van der Waals surface area contributed by atoms with Crippen LogP contribution in [0, 0.1) is 0 Å². The molecule has 3 rings (SSSR count). The van der Waals surface area contributed by atoms with Crippen LogP contribution in [0.15, 0.2) is 42.5 Å². The summed E-state index contributed by atoms with van der Waals surface area (Å²) in [5.41, 5.74) is 2.17. The minimum Gasteiger partial charge on any atom is -0.496 e. The second-order valence-corrected chi connectivity index (χ2v) is 6.70. The van der Waals surface area contributed by atoms with Crippen LogP contribution in [0.1, 0.15) is 22.0 Å². The number of aliphatic hydroxyl groups excluding tert-OH is 1. The van der Waals surface area contributed by atoms with Crippen molar-refractivity contribution < 1.29 is 19.4 Å². The molecule has 2 N–H and O–H groups in total. The molecule has 1 aliphatic rings. The molecule has 1 amide bonds. The van der Waals surface area contributed by atoms with Crippen LogP contribution in [0.25, 0.3) is 0 Å². The number of amides is 1. The van der Waals surface area contributed by atoms with E-state index in [0.29, 0.717) is 16.3 Å². The molecule has 0 bridgehead atoms. The molecule has 27 heavy (non-hydrogen) atoms. The maximum Gasteiger partial charge on any atom is 0.255 e. The molecule has 0 aliphatic carbocycles.